The van der Waals surface area contributed by atoms with E-state index in [0.717, 1.165) is 0 Å². The maximum absolute atomic E-state index is 12.4. The minimum absolute atomic E-state index is 0.0725. The molecule has 0 nitrogen and oxygen atoms in total. The first-order chi connectivity index (χ1) is 3.88. The highest BCUT2D eigenvalue weighted by molar-refractivity contribution is 6.50. The second-order valence-electron chi connectivity index (χ2n) is 2.23. The molecule has 0 amide bonds. The van der Waals surface area contributed by atoms with Gasteiger partial charge in [-0.15, -0.1) is 0 Å². The Morgan fingerprint density at radius 1 is 1.44 bits per heavy atom. The average molecular weight is 174 g/mol. The van der Waals surface area contributed by atoms with Crippen molar-refractivity contribution in [2.45, 2.75) is 16.7 Å². The summed E-state index contributed by atoms with van der Waals surface area (Å²) in [6, 6.07) is 0. The second-order valence-corrected chi connectivity index (χ2v) is 3.71. The van der Waals surface area contributed by atoms with Crippen LogP contribution in [0.2, 0.25) is 0 Å². The van der Waals surface area contributed by atoms with E-state index in [9.17, 15) is 8.78 Å². The van der Waals surface area contributed by atoms with Crippen LogP contribution in [0.3, 0.4) is 0 Å². The average Bonchev–Trinajstić information content (AvgIpc) is 1.65. The van der Waals surface area contributed by atoms with E-state index < -0.39 is 16.2 Å². The largest absolute Gasteiger partial charge is 0.283 e. The van der Waals surface area contributed by atoms with Crippen LogP contribution in [-0.4, -0.2) is 10.3 Å². The number of rotatable bonds is 0. The van der Waals surface area contributed by atoms with Gasteiger partial charge in [0, 0.05) is 5.92 Å². The van der Waals surface area contributed by atoms with E-state index >= 15 is 0 Å². The first-order valence-electron chi connectivity index (χ1n) is 2.46. The number of halogens is 4. The Morgan fingerprint density at radius 3 is 1.89 bits per heavy atom. The third-order valence-electron chi connectivity index (χ3n) is 1.50. The summed E-state index contributed by atoms with van der Waals surface area (Å²) in [4.78, 5) is 0. The second kappa shape index (κ2) is 1.73. The molecule has 0 spiro atoms. The normalized spacial score (nSPS) is 37.7. The summed E-state index contributed by atoms with van der Waals surface area (Å²) < 4.78 is 22.9. The molecule has 1 radical (unpaired) electrons. The van der Waals surface area contributed by atoms with Gasteiger partial charge in [0.2, 0.25) is 0 Å². The fourth-order valence-electron chi connectivity index (χ4n) is 0.741. The summed E-state index contributed by atoms with van der Waals surface area (Å²) in [6.07, 6.45) is 0.0725. The molecule has 0 aliphatic heterocycles. The molecule has 0 heterocycles. The molecule has 1 rings (SSSR count). The van der Waals surface area contributed by atoms with Gasteiger partial charge in [0.05, 0.1) is 0 Å². The fraction of sp³-hybridized carbons (Fsp3) is 0.800. The zero-order chi connectivity index (χ0) is 7.28. The first kappa shape index (κ1) is 7.55. The van der Waals surface area contributed by atoms with Crippen molar-refractivity contribution in [1.29, 1.82) is 0 Å². The molecular formula is C5H5Cl2F2. The van der Waals surface area contributed by atoms with Crippen molar-refractivity contribution in [2.24, 2.45) is 5.92 Å². The Hall–Kier alpha value is 0.440. The van der Waals surface area contributed by atoms with Gasteiger partial charge in [-0.2, -0.15) is 0 Å². The van der Waals surface area contributed by atoms with Crippen LogP contribution in [0.25, 0.3) is 0 Å². The number of hydrogen-bond donors (Lipinski definition) is 0. The van der Waals surface area contributed by atoms with Gasteiger partial charge in [-0.05, 0) is 13.3 Å². The molecule has 0 N–H and O–H groups in total. The summed E-state index contributed by atoms with van der Waals surface area (Å²) in [5.41, 5.74) is 0. The third kappa shape index (κ3) is 0.838. The van der Waals surface area contributed by atoms with Crippen LogP contribution in [0.4, 0.5) is 8.78 Å². The van der Waals surface area contributed by atoms with Crippen molar-refractivity contribution in [2.75, 3.05) is 0 Å². The molecule has 1 aliphatic rings. The molecule has 53 valence electrons. The quantitative estimate of drug-likeness (QED) is 0.495. The molecule has 1 unspecified atom stereocenters. The van der Waals surface area contributed by atoms with Gasteiger partial charge in [-0.25, -0.2) is 8.78 Å². The van der Waals surface area contributed by atoms with Crippen LogP contribution in [0.1, 0.15) is 6.42 Å². The van der Waals surface area contributed by atoms with Gasteiger partial charge in [0.1, 0.15) is 0 Å². The summed E-state index contributed by atoms with van der Waals surface area (Å²) in [6.45, 7) is 3.17. The highest BCUT2D eigenvalue weighted by Crippen LogP contribution is 2.57. The fourth-order valence-corrected chi connectivity index (χ4v) is 1.42. The highest BCUT2D eigenvalue weighted by Gasteiger charge is 2.65. The van der Waals surface area contributed by atoms with Crippen LogP contribution < -0.4 is 0 Å². The maximum Gasteiger partial charge on any atom is 0.283 e. The summed E-state index contributed by atoms with van der Waals surface area (Å²) in [7, 11) is 0. The molecule has 4 heteroatoms. The standard InChI is InChI=1S/C5H5Cl2F2/c1-3-2-4(6,7)5(3,8)9/h3H,1-2H2. The topological polar surface area (TPSA) is 0 Å². The zero-order valence-corrected chi connectivity index (χ0v) is 6.02. The van der Waals surface area contributed by atoms with Crippen LogP contribution in [-0.2, 0) is 0 Å². The summed E-state index contributed by atoms with van der Waals surface area (Å²) >= 11 is 10.3. The van der Waals surface area contributed by atoms with E-state index in [1.807, 2.05) is 0 Å². The minimum Gasteiger partial charge on any atom is -0.203 e. The van der Waals surface area contributed by atoms with Crippen LogP contribution >= 0.6 is 23.2 Å². The molecule has 1 aliphatic carbocycles. The van der Waals surface area contributed by atoms with Crippen molar-refractivity contribution in [3.05, 3.63) is 6.92 Å². The lowest BCUT2D eigenvalue weighted by atomic mass is 9.81. The highest BCUT2D eigenvalue weighted by atomic mass is 35.5. The van der Waals surface area contributed by atoms with Crippen LogP contribution in [0.15, 0.2) is 0 Å². The van der Waals surface area contributed by atoms with Crippen LogP contribution in [0, 0.1) is 12.8 Å². The molecule has 1 saturated carbocycles. The monoisotopic (exact) mass is 173 g/mol. The van der Waals surface area contributed by atoms with Crippen molar-refractivity contribution in [1.82, 2.24) is 0 Å². The van der Waals surface area contributed by atoms with Crippen molar-refractivity contribution in [3.63, 3.8) is 0 Å². The molecule has 0 aromatic rings. The van der Waals surface area contributed by atoms with E-state index in [1.54, 1.807) is 0 Å². The van der Waals surface area contributed by atoms with E-state index in [0.29, 0.717) is 0 Å². The smallest absolute Gasteiger partial charge is 0.203 e. The molecule has 0 bridgehead atoms. The molecule has 1 atom stereocenters. The molecular weight excluding hydrogens is 169 g/mol. The Labute approximate surface area is 62.1 Å². The van der Waals surface area contributed by atoms with Gasteiger partial charge in [0.25, 0.3) is 5.92 Å². The van der Waals surface area contributed by atoms with Crippen molar-refractivity contribution in [3.8, 4) is 0 Å². The lowest BCUT2D eigenvalue weighted by Gasteiger charge is -2.44. The van der Waals surface area contributed by atoms with Gasteiger partial charge in [-0.1, -0.05) is 23.2 Å². The number of alkyl halides is 4. The molecule has 1 fully saturated rings. The van der Waals surface area contributed by atoms with E-state index in [-0.39, 0.29) is 6.42 Å². The SMILES string of the molecule is [CH2]C1CC(Cl)(Cl)C1(F)F. The predicted octanol–water partition coefficient (Wildman–Crippen LogP) is 2.65. The lowest BCUT2D eigenvalue weighted by molar-refractivity contribution is -0.123. The molecule has 0 aromatic carbocycles. The van der Waals surface area contributed by atoms with Gasteiger partial charge in [0.15, 0.2) is 4.33 Å². The van der Waals surface area contributed by atoms with Gasteiger partial charge >= 0.3 is 0 Å². The lowest BCUT2D eigenvalue weighted by Crippen LogP contribution is -2.55. The van der Waals surface area contributed by atoms with E-state index in [1.165, 1.54) is 0 Å². The number of hydrogen-bond acceptors (Lipinski definition) is 0. The first-order valence-corrected chi connectivity index (χ1v) is 3.22. The minimum atomic E-state index is -3.00. The van der Waals surface area contributed by atoms with E-state index in [2.05, 4.69) is 6.92 Å². The third-order valence-corrected chi connectivity index (χ3v) is 2.32. The zero-order valence-electron chi connectivity index (χ0n) is 4.50. The predicted molar refractivity (Wildman–Crippen MR) is 32.8 cm³/mol. The van der Waals surface area contributed by atoms with Gasteiger partial charge < -0.3 is 0 Å². The van der Waals surface area contributed by atoms with Crippen LogP contribution in [0.5, 0.6) is 0 Å². The Morgan fingerprint density at radius 2 is 1.89 bits per heavy atom. The Kier molecular flexibility index (Phi) is 1.45. The molecule has 0 saturated heterocycles. The molecule has 9 heavy (non-hydrogen) atoms. The summed E-state index contributed by atoms with van der Waals surface area (Å²) in [5, 5.41) is 0. The maximum atomic E-state index is 12.4. The Balaban J connectivity index is 2.70. The van der Waals surface area contributed by atoms with E-state index in [4.69, 9.17) is 23.2 Å². The Bertz CT molecular complexity index is 133. The summed E-state index contributed by atoms with van der Waals surface area (Å²) in [5.74, 6) is -3.93. The van der Waals surface area contributed by atoms with Gasteiger partial charge in [-0.3, -0.25) is 0 Å². The van der Waals surface area contributed by atoms with Crippen molar-refractivity contribution < 1.29 is 8.78 Å². The molecule has 0 aromatic heterocycles. The van der Waals surface area contributed by atoms with Crippen molar-refractivity contribution >= 4 is 23.2 Å².